The Hall–Kier alpha value is -2.66. The second kappa shape index (κ2) is 7.07. The largest absolute Gasteiger partial charge is 0.468 e. The third-order valence-corrected chi connectivity index (χ3v) is 4.29. The molecular formula is C15H15N3O4S. The van der Waals surface area contributed by atoms with Crippen LogP contribution in [-0.4, -0.2) is 24.7 Å². The number of rotatable bonds is 5. The Morgan fingerprint density at radius 2 is 2.30 bits per heavy atom. The maximum absolute atomic E-state index is 11.8. The van der Waals surface area contributed by atoms with Crippen molar-refractivity contribution in [3.8, 4) is 6.07 Å². The van der Waals surface area contributed by atoms with Crippen molar-refractivity contribution in [1.29, 1.82) is 5.26 Å². The Morgan fingerprint density at radius 1 is 1.57 bits per heavy atom. The smallest absolute Gasteiger partial charge is 0.316 e. The standard InChI is InChI=1S/C15H15N3O4S/c1-8-12(14(17)20)13(10-4-3-5-22-10)9(6-16)15(18-8)23-7-11(19)21-2/h3-5,13,18H,7H2,1-2H3,(H2,17,20)/t13-/m1/s1. The van der Waals surface area contributed by atoms with Crippen LogP contribution in [-0.2, 0) is 14.3 Å². The summed E-state index contributed by atoms with van der Waals surface area (Å²) in [4.78, 5) is 23.2. The predicted octanol–water partition coefficient (Wildman–Crippen LogP) is 1.37. The summed E-state index contributed by atoms with van der Waals surface area (Å²) in [7, 11) is 1.29. The summed E-state index contributed by atoms with van der Waals surface area (Å²) in [5.74, 6) is -1.28. The van der Waals surface area contributed by atoms with E-state index in [4.69, 9.17) is 10.2 Å². The second-order valence-corrected chi connectivity index (χ2v) is 5.68. The van der Waals surface area contributed by atoms with E-state index in [0.717, 1.165) is 11.8 Å². The summed E-state index contributed by atoms with van der Waals surface area (Å²) in [5.41, 5.74) is 6.52. The third-order valence-electron chi connectivity index (χ3n) is 3.30. The monoisotopic (exact) mass is 333 g/mol. The number of ether oxygens (including phenoxy) is 1. The minimum Gasteiger partial charge on any atom is -0.468 e. The zero-order valence-electron chi connectivity index (χ0n) is 12.6. The number of primary amides is 1. The molecule has 23 heavy (non-hydrogen) atoms. The van der Waals surface area contributed by atoms with Crippen LogP contribution in [0.15, 0.2) is 44.7 Å². The second-order valence-electron chi connectivity index (χ2n) is 4.70. The van der Waals surface area contributed by atoms with Gasteiger partial charge >= 0.3 is 5.97 Å². The van der Waals surface area contributed by atoms with Gasteiger partial charge in [-0.1, -0.05) is 11.8 Å². The summed E-state index contributed by atoms with van der Waals surface area (Å²) in [5, 5.41) is 13.0. The van der Waals surface area contributed by atoms with Crippen LogP contribution < -0.4 is 11.1 Å². The maximum atomic E-state index is 11.8. The van der Waals surface area contributed by atoms with Gasteiger partial charge in [0.1, 0.15) is 5.76 Å². The van der Waals surface area contributed by atoms with E-state index in [0.29, 0.717) is 16.5 Å². The van der Waals surface area contributed by atoms with E-state index in [-0.39, 0.29) is 16.9 Å². The fourth-order valence-electron chi connectivity index (χ4n) is 2.28. The number of hydrogen-bond acceptors (Lipinski definition) is 7. The lowest BCUT2D eigenvalue weighted by molar-refractivity contribution is -0.137. The summed E-state index contributed by atoms with van der Waals surface area (Å²) in [6.45, 7) is 1.68. The number of dihydropyridines is 1. The summed E-state index contributed by atoms with van der Waals surface area (Å²) in [6.07, 6.45) is 1.46. The van der Waals surface area contributed by atoms with Crippen molar-refractivity contribution in [2.75, 3.05) is 12.9 Å². The van der Waals surface area contributed by atoms with Gasteiger partial charge in [0.05, 0.1) is 47.3 Å². The van der Waals surface area contributed by atoms with E-state index in [1.165, 1.54) is 13.4 Å². The number of esters is 1. The van der Waals surface area contributed by atoms with Crippen molar-refractivity contribution >= 4 is 23.6 Å². The molecule has 0 saturated carbocycles. The average molecular weight is 333 g/mol. The lowest BCUT2D eigenvalue weighted by atomic mass is 9.86. The van der Waals surface area contributed by atoms with Crippen molar-refractivity contribution in [3.63, 3.8) is 0 Å². The van der Waals surface area contributed by atoms with Gasteiger partial charge in [0.2, 0.25) is 5.91 Å². The molecule has 7 nitrogen and oxygen atoms in total. The maximum Gasteiger partial charge on any atom is 0.316 e. The summed E-state index contributed by atoms with van der Waals surface area (Å²) in [6, 6.07) is 5.42. The molecule has 0 fully saturated rings. The number of thioether (sulfide) groups is 1. The molecule has 1 aromatic rings. The number of nitrogens with one attached hydrogen (secondary N) is 1. The number of hydrogen-bond donors (Lipinski definition) is 2. The van der Waals surface area contributed by atoms with Crippen LogP contribution in [0.3, 0.4) is 0 Å². The first-order valence-corrected chi connectivity index (χ1v) is 7.63. The first-order valence-electron chi connectivity index (χ1n) is 6.64. The van der Waals surface area contributed by atoms with Gasteiger partial charge in [-0.3, -0.25) is 9.59 Å². The van der Waals surface area contributed by atoms with Crippen molar-refractivity contribution < 1.29 is 18.7 Å². The summed E-state index contributed by atoms with van der Waals surface area (Å²) >= 11 is 1.12. The highest BCUT2D eigenvalue weighted by Crippen LogP contribution is 2.40. The number of carbonyl (C=O) groups is 2. The van der Waals surface area contributed by atoms with Gasteiger partial charge in [0.15, 0.2) is 0 Å². The lowest BCUT2D eigenvalue weighted by Crippen LogP contribution is -2.31. The zero-order chi connectivity index (χ0) is 17.0. The molecule has 0 aromatic carbocycles. The van der Waals surface area contributed by atoms with Crippen LogP contribution in [0.2, 0.25) is 0 Å². The minimum atomic E-state index is -0.700. The van der Waals surface area contributed by atoms with Gasteiger partial charge in [-0.2, -0.15) is 5.26 Å². The number of nitriles is 1. The number of furan rings is 1. The van der Waals surface area contributed by atoms with Gasteiger partial charge in [-0.05, 0) is 19.1 Å². The Labute approximate surface area is 137 Å². The molecule has 120 valence electrons. The van der Waals surface area contributed by atoms with E-state index in [2.05, 4.69) is 16.1 Å². The van der Waals surface area contributed by atoms with Crippen LogP contribution >= 0.6 is 11.8 Å². The molecule has 0 saturated heterocycles. The number of methoxy groups -OCH3 is 1. The number of amides is 1. The average Bonchev–Trinajstić information content (AvgIpc) is 3.05. The lowest BCUT2D eigenvalue weighted by Gasteiger charge is -2.27. The highest BCUT2D eigenvalue weighted by atomic mass is 32.2. The fraction of sp³-hybridized carbons (Fsp3) is 0.267. The molecule has 1 atom stereocenters. The van der Waals surface area contributed by atoms with Gasteiger partial charge in [0.25, 0.3) is 0 Å². The Kier molecular flexibility index (Phi) is 5.13. The molecule has 1 aromatic heterocycles. The third kappa shape index (κ3) is 3.40. The highest BCUT2D eigenvalue weighted by molar-refractivity contribution is 8.03. The molecule has 0 bridgehead atoms. The molecule has 1 aliphatic rings. The van der Waals surface area contributed by atoms with E-state index < -0.39 is 17.8 Å². The van der Waals surface area contributed by atoms with E-state index in [1.54, 1.807) is 19.1 Å². The molecule has 1 aliphatic heterocycles. The minimum absolute atomic E-state index is 0.0358. The molecule has 3 N–H and O–H groups in total. The topological polar surface area (TPSA) is 118 Å². The molecule has 0 spiro atoms. The van der Waals surface area contributed by atoms with Crippen LogP contribution in [0.25, 0.3) is 0 Å². The molecule has 0 aliphatic carbocycles. The fourth-order valence-corrected chi connectivity index (χ4v) is 3.21. The number of nitrogens with two attached hydrogens (primary N) is 1. The van der Waals surface area contributed by atoms with Gasteiger partial charge in [-0.25, -0.2) is 0 Å². The van der Waals surface area contributed by atoms with Crippen molar-refractivity contribution in [1.82, 2.24) is 5.32 Å². The molecule has 0 unspecified atom stereocenters. The molecule has 2 rings (SSSR count). The van der Waals surface area contributed by atoms with E-state index in [9.17, 15) is 14.9 Å². The van der Waals surface area contributed by atoms with Gasteiger partial charge in [-0.15, -0.1) is 0 Å². The highest BCUT2D eigenvalue weighted by Gasteiger charge is 2.35. The Balaban J connectivity index is 2.47. The summed E-state index contributed by atoms with van der Waals surface area (Å²) < 4.78 is 9.97. The van der Waals surface area contributed by atoms with Crippen molar-refractivity contribution in [2.24, 2.45) is 5.73 Å². The molecule has 2 heterocycles. The van der Waals surface area contributed by atoms with E-state index >= 15 is 0 Å². The Bertz CT molecular complexity index is 728. The number of carbonyl (C=O) groups excluding carboxylic acids is 2. The molecular weight excluding hydrogens is 318 g/mol. The van der Waals surface area contributed by atoms with Crippen LogP contribution in [0.4, 0.5) is 0 Å². The van der Waals surface area contributed by atoms with Crippen molar-refractivity contribution in [3.05, 3.63) is 46.0 Å². The Morgan fingerprint density at radius 3 is 2.83 bits per heavy atom. The SMILES string of the molecule is COC(=O)CSC1=C(C#N)[C@H](c2ccco2)C(C(N)=O)=C(C)N1. The number of nitrogens with zero attached hydrogens (tertiary/aromatic N) is 1. The number of allylic oxidation sites excluding steroid dienone is 2. The van der Waals surface area contributed by atoms with Crippen LogP contribution in [0.5, 0.6) is 0 Å². The normalized spacial score (nSPS) is 17.5. The first kappa shape index (κ1) is 16.7. The predicted molar refractivity (Wildman–Crippen MR) is 83.6 cm³/mol. The van der Waals surface area contributed by atoms with Crippen LogP contribution in [0.1, 0.15) is 18.6 Å². The molecule has 8 heteroatoms. The van der Waals surface area contributed by atoms with E-state index in [1.807, 2.05) is 0 Å². The van der Waals surface area contributed by atoms with Gasteiger partial charge in [0, 0.05) is 5.70 Å². The zero-order valence-corrected chi connectivity index (χ0v) is 13.4. The first-order chi connectivity index (χ1) is 11.0. The van der Waals surface area contributed by atoms with Gasteiger partial charge < -0.3 is 20.2 Å². The quantitative estimate of drug-likeness (QED) is 0.781. The molecule has 0 radical (unpaired) electrons. The van der Waals surface area contributed by atoms with Crippen molar-refractivity contribution in [2.45, 2.75) is 12.8 Å². The van der Waals surface area contributed by atoms with Crippen LogP contribution in [0, 0.1) is 11.3 Å². The molecule has 1 amide bonds.